The largest absolute Gasteiger partial charge is 0.496 e. The molecule has 1 saturated heterocycles. The summed E-state index contributed by atoms with van der Waals surface area (Å²) in [5.74, 6) is -0.274. The first-order valence-corrected chi connectivity index (χ1v) is 10.1. The topological polar surface area (TPSA) is 93.7 Å². The summed E-state index contributed by atoms with van der Waals surface area (Å²) in [6, 6.07) is 10.6. The minimum Gasteiger partial charge on any atom is -0.496 e. The minimum atomic E-state index is -3.80. The van der Waals surface area contributed by atoms with Crippen LogP contribution in [0.3, 0.4) is 0 Å². The average Bonchev–Trinajstić information content (AvgIpc) is 3.15. The van der Waals surface area contributed by atoms with E-state index in [0.29, 0.717) is 30.3 Å². The smallest absolute Gasteiger partial charge is 0.259 e. The van der Waals surface area contributed by atoms with Gasteiger partial charge in [-0.05, 0) is 36.8 Å². The highest BCUT2D eigenvalue weighted by Gasteiger charge is 2.25. The first-order valence-electron chi connectivity index (χ1n) is 8.24. The number of para-hydroxylation sites is 1. The lowest BCUT2D eigenvalue weighted by Gasteiger charge is -2.14. The van der Waals surface area contributed by atoms with Crippen molar-refractivity contribution in [2.45, 2.75) is 17.4 Å². The van der Waals surface area contributed by atoms with Crippen LogP contribution in [0.15, 0.2) is 47.4 Å². The van der Waals surface area contributed by atoms with Crippen LogP contribution in [0.1, 0.15) is 16.8 Å². The van der Waals surface area contributed by atoms with Gasteiger partial charge in [-0.3, -0.25) is 4.79 Å². The quantitative estimate of drug-likeness (QED) is 0.763. The van der Waals surface area contributed by atoms with E-state index in [1.165, 1.54) is 25.3 Å². The summed E-state index contributed by atoms with van der Waals surface area (Å²) in [5.41, 5.74) is 0.503. The molecule has 1 aliphatic rings. The molecule has 2 N–H and O–H groups in total. The van der Waals surface area contributed by atoms with Gasteiger partial charge in [0, 0.05) is 12.6 Å². The van der Waals surface area contributed by atoms with Gasteiger partial charge in [0.25, 0.3) is 5.91 Å². The maximum Gasteiger partial charge on any atom is 0.259 e. The second-order valence-corrected chi connectivity index (χ2v) is 8.10. The van der Waals surface area contributed by atoms with Crippen LogP contribution in [0.2, 0.25) is 5.02 Å². The molecule has 27 heavy (non-hydrogen) atoms. The number of benzene rings is 2. The van der Waals surface area contributed by atoms with Gasteiger partial charge in [0.2, 0.25) is 10.0 Å². The van der Waals surface area contributed by atoms with Crippen molar-refractivity contribution in [3.63, 3.8) is 0 Å². The summed E-state index contributed by atoms with van der Waals surface area (Å²) in [6.45, 7) is 0.844. The van der Waals surface area contributed by atoms with Crippen molar-refractivity contribution in [3.8, 4) is 5.75 Å². The zero-order valence-electron chi connectivity index (χ0n) is 14.6. The molecule has 2 aromatic carbocycles. The van der Waals surface area contributed by atoms with Gasteiger partial charge >= 0.3 is 0 Å². The Morgan fingerprint density at radius 1 is 1.26 bits per heavy atom. The summed E-state index contributed by atoms with van der Waals surface area (Å²) in [5, 5.41) is 3.04. The molecule has 1 fully saturated rings. The molecule has 1 amide bonds. The third-order valence-electron chi connectivity index (χ3n) is 4.10. The monoisotopic (exact) mass is 410 g/mol. The third kappa shape index (κ3) is 4.59. The molecular formula is C18H19ClN2O5S. The average molecular weight is 411 g/mol. The number of methoxy groups -OCH3 is 1. The van der Waals surface area contributed by atoms with E-state index in [1.807, 2.05) is 0 Å². The van der Waals surface area contributed by atoms with E-state index >= 15 is 0 Å². The molecule has 0 spiro atoms. The van der Waals surface area contributed by atoms with Crippen molar-refractivity contribution < 1.29 is 22.7 Å². The third-order valence-corrected chi connectivity index (χ3v) is 5.95. The summed E-state index contributed by atoms with van der Waals surface area (Å²) >= 11 is 6.06. The van der Waals surface area contributed by atoms with E-state index in [4.69, 9.17) is 21.1 Å². The van der Waals surface area contributed by atoms with Crippen molar-refractivity contribution in [2.75, 3.05) is 25.6 Å². The van der Waals surface area contributed by atoms with Gasteiger partial charge in [0.05, 0.1) is 34.9 Å². The van der Waals surface area contributed by atoms with Crippen molar-refractivity contribution >= 4 is 33.2 Å². The van der Waals surface area contributed by atoms with E-state index in [2.05, 4.69) is 10.0 Å². The number of hydrogen-bond donors (Lipinski definition) is 2. The van der Waals surface area contributed by atoms with Gasteiger partial charge < -0.3 is 14.8 Å². The molecule has 1 atom stereocenters. The standard InChI is InChI=1S/C18H19ClN2O5S/c1-25-17-7-6-13(27(23,24)21-12-8-9-26-11-12)10-14(17)18(22)20-16-5-3-2-4-15(16)19/h2-7,10,12,21H,8-9,11H2,1H3,(H,20,22)/t12-/m0/s1. The molecule has 1 heterocycles. The van der Waals surface area contributed by atoms with Gasteiger partial charge in [-0.25, -0.2) is 13.1 Å². The molecule has 1 aliphatic heterocycles. The van der Waals surface area contributed by atoms with E-state index in [-0.39, 0.29) is 22.3 Å². The van der Waals surface area contributed by atoms with Gasteiger partial charge in [-0.1, -0.05) is 23.7 Å². The van der Waals surface area contributed by atoms with Crippen LogP contribution >= 0.6 is 11.6 Å². The lowest BCUT2D eigenvalue weighted by Crippen LogP contribution is -2.35. The number of amides is 1. The first-order chi connectivity index (χ1) is 12.9. The number of nitrogens with one attached hydrogen (secondary N) is 2. The van der Waals surface area contributed by atoms with Crippen LogP contribution in [0.5, 0.6) is 5.75 Å². The molecule has 144 valence electrons. The fourth-order valence-corrected chi connectivity index (χ4v) is 4.16. The summed E-state index contributed by atoms with van der Waals surface area (Å²) in [4.78, 5) is 12.7. The second kappa shape index (κ2) is 8.26. The van der Waals surface area contributed by atoms with Crippen LogP contribution in [-0.4, -0.2) is 40.7 Å². The number of hydrogen-bond acceptors (Lipinski definition) is 5. The van der Waals surface area contributed by atoms with Crippen LogP contribution in [-0.2, 0) is 14.8 Å². The molecule has 3 rings (SSSR count). The Bertz CT molecular complexity index is 943. The molecule has 9 heteroatoms. The zero-order chi connectivity index (χ0) is 19.4. The van der Waals surface area contributed by atoms with Crippen molar-refractivity contribution in [3.05, 3.63) is 53.1 Å². The Morgan fingerprint density at radius 3 is 2.70 bits per heavy atom. The minimum absolute atomic E-state index is 0.0282. The molecule has 0 bridgehead atoms. The summed E-state index contributed by atoms with van der Waals surface area (Å²) in [7, 11) is -2.39. The molecule has 0 radical (unpaired) electrons. The Labute approximate surface area is 162 Å². The lowest BCUT2D eigenvalue weighted by atomic mass is 10.2. The second-order valence-electron chi connectivity index (χ2n) is 5.98. The summed E-state index contributed by atoms with van der Waals surface area (Å²) < 4.78 is 38.2. The van der Waals surface area contributed by atoms with Gasteiger partial charge in [0.15, 0.2) is 0 Å². The van der Waals surface area contributed by atoms with E-state index in [0.717, 1.165) is 0 Å². The number of carbonyl (C=O) groups is 1. The Morgan fingerprint density at radius 2 is 2.04 bits per heavy atom. The maximum atomic E-state index is 12.7. The number of ether oxygens (including phenoxy) is 2. The Hall–Kier alpha value is -2.13. The van der Waals surface area contributed by atoms with E-state index in [1.54, 1.807) is 24.3 Å². The molecule has 0 unspecified atom stereocenters. The van der Waals surface area contributed by atoms with Crippen LogP contribution in [0, 0.1) is 0 Å². The zero-order valence-corrected chi connectivity index (χ0v) is 16.1. The number of carbonyl (C=O) groups excluding carboxylic acids is 1. The Kier molecular flexibility index (Phi) is 6.01. The molecule has 0 saturated carbocycles. The summed E-state index contributed by atoms with van der Waals surface area (Å²) in [6.07, 6.45) is 0.606. The van der Waals surface area contributed by atoms with Gasteiger partial charge in [-0.2, -0.15) is 0 Å². The predicted octanol–water partition coefficient (Wildman–Crippen LogP) is 2.67. The highest BCUT2D eigenvalue weighted by atomic mass is 35.5. The van der Waals surface area contributed by atoms with Crippen LogP contribution in [0.4, 0.5) is 5.69 Å². The predicted molar refractivity (Wildman–Crippen MR) is 102 cm³/mol. The molecule has 0 aliphatic carbocycles. The van der Waals surface area contributed by atoms with Crippen LogP contribution in [0.25, 0.3) is 0 Å². The van der Waals surface area contributed by atoms with Crippen LogP contribution < -0.4 is 14.8 Å². The van der Waals surface area contributed by atoms with E-state index in [9.17, 15) is 13.2 Å². The molecule has 0 aromatic heterocycles. The number of anilines is 1. The Balaban J connectivity index is 1.89. The fourth-order valence-electron chi connectivity index (χ4n) is 2.70. The normalized spacial score (nSPS) is 16.9. The number of rotatable bonds is 6. The van der Waals surface area contributed by atoms with Gasteiger partial charge in [-0.15, -0.1) is 0 Å². The first kappa shape index (κ1) is 19.6. The van der Waals surface area contributed by atoms with Gasteiger partial charge in [0.1, 0.15) is 5.75 Å². The lowest BCUT2D eigenvalue weighted by molar-refractivity contribution is 0.102. The number of halogens is 1. The van der Waals surface area contributed by atoms with Crippen molar-refractivity contribution in [1.82, 2.24) is 4.72 Å². The van der Waals surface area contributed by atoms with E-state index < -0.39 is 15.9 Å². The molecule has 2 aromatic rings. The molecular weight excluding hydrogens is 392 g/mol. The maximum absolute atomic E-state index is 12.7. The fraction of sp³-hybridized carbons (Fsp3) is 0.278. The molecule has 7 nitrogen and oxygen atoms in total. The number of sulfonamides is 1. The van der Waals surface area contributed by atoms with Crippen molar-refractivity contribution in [2.24, 2.45) is 0 Å². The van der Waals surface area contributed by atoms with Crippen molar-refractivity contribution in [1.29, 1.82) is 0 Å². The highest BCUT2D eigenvalue weighted by molar-refractivity contribution is 7.89. The SMILES string of the molecule is COc1ccc(S(=O)(=O)N[C@H]2CCOC2)cc1C(=O)Nc1ccccc1Cl. The highest BCUT2D eigenvalue weighted by Crippen LogP contribution is 2.26.